The van der Waals surface area contributed by atoms with Crippen LogP contribution in [0, 0.1) is 0 Å². The molecular weight excluding hydrogens is 610 g/mol. The van der Waals surface area contributed by atoms with Crippen molar-refractivity contribution in [2.24, 2.45) is 0 Å². The van der Waals surface area contributed by atoms with Gasteiger partial charge in [0, 0.05) is 56.9 Å². The van der Waals surface area contributed by atoms with Gasteiger partial charge in [0.2, 0.25) is 5.91 Å². The van der Waals surface area contributed by atoms with Gasteiger partial charge >= 0.3 is 6.09 Å². The molecule has 10 heteroatoms. The topological polar surface area (TPSA) is 97.9 Å². The molecule has 3 rings (SSSR count). The molecule has 0 spiro atoms. The zero-order chi connectivity index (χ0) is 35.4. The Hall–Kier alpha value is -3.79. The summed E-state index contributed by atoms with van der Waals surface area (Å²) >= 11 is 0. The third-order valence-electron chi connectivity index (χ3n) is 8.50. The first-order chi connectivity index (χ1) is 22.7. The summed E-state index contributed by atoms with van der Waals surface area (Å²) < 4.78 is 22.5. The lowest BCUT2D eigenvalue weighted by Gasteiger charge is -2.45. The number of benzene rings is 2. The zero-order valence-corrected chi connectivity index (χ0v) is 30.5. The fourth-order valence-electron chi connectivity index (χ4n) is 6.19. The Morgan fingerprint density at radius 2 is 1.62 bits per heavy atom. The lowest BCUT2D eigenvalue weighted by Crippen LogP contribution is -2.58. The highest BCUT2D eigenvalue weighted by Crippen LogP contribution is 2.32. The van der Waals surface area contributed by atoms with E-state index in [0.29, 0.717) is 75.5 Å². The molecule has 0 aromatic heterocycles. The molecule has 1 aliphatic heterocycles. The van der Waals surface area contributed by atoms with Gasteiger partial charge in [0.15, 0.2) is 11.5 Å². The summed E-state index contributed by atoms with van der Waals surface area (Å²) in [4.78, 5) is 46.8. The molecule has 3 amide bonds. The first-order valence-electron chi connectivity index (χ1n) is 17.2. The molecule has 0 bridgehead atoms. The largest absolute Gasteiger partial charge is 0.493 e. The number of amides is 3. The van der Waals surface area contributed by atoms with E-state index in [4.69, 9.17) is 18.9 Å². The van der Waals surface area contributed by atoms with Crippen LogP contribution in [0.5, 0.6) is 11.5 Å². The molecule has 0 radical (unpaired) electrons. The van der Waals surface area contributed by atoms with Gasteiger partial charge in [0.1, 0.15) is 5.60 Å². The Morgan fingerprint density at radius 1 is 0.917 bits per heavy atom. The molecule has 1 aliphatic rings. The maximum atomic E-state index is 14.1. The molecule has 0 saturated carbocycles. The van der Waals surface area contributed by atoms with Gasteiger partial charge in [-0.05, 0) is 91.5 Å². The number of piperidine rings is 1. The van der Waals surface area contributed by atoms with E-state index in [1.807, 2.05) is 88.6 Å². The van der Waals surface area contributed by atoms with Crippen LogP contribution in [-0.4, -0.2) is 103 Å². The Labute approximate surface area is 287 Å². The van der Waals surface area contributed by atoms with Crippen LogP contribution < -0.4 is 9.47 Å². The Balaban J connectivity index is 1.81. The minimum absolute atomic E-state index is 0.0138. The third kappa shape index (κ3) is 11.1. The Kier molecular flexibility index (Phi) is 14.6. The SMILES string of the molecule is COCCCOc1cc(C(=O)N(C(C)C)C2CCC(CCN(C(=O)Cc3ccccc3)C(C)C)N(C(=O)OC(C)(C)C)C2)ccc1OC. The van der Waals surface area contributed by atoms with E-state index >= 15 is 0 Å². The van der Waals surface area contributed by atoms with Gasteiger partial charge in [-0.25, -0.2) is 4.79 Å². The molecule has 2 aromatic carbocycles. The number of hydrogen-bond donors (Lipinski definition) is 0. The lowest BCUT2D eigenvalue weighted by atomic mass is 9.93. The summed E-state index contributed by atoms with van der Waals surface area (Å²) in [5.41, 5.74) is 0.784. The highest BCUT2D eigenvalue weighted by Gasteiger charge is 2.39. The monoisotopic (exact) mass is 667 g/mol. The van der Waals surface area contributed by atoms with Crippen LogP contribution in [0.25, 0.3) is 0 Å². The number of ether oxygens (including phenoxy) is 4. The quantitative estimate of drug-likeness (QED) is 0.198. The average Bonchev–Trinajstić information content (AvgIpc) is 3.03. The van der Waals surface area contributed by atoms with Crippen LogP contribution in [0.3, 0.4) is 0 Å². The third-order valence-corrected chi connectivity index (χ3v) is 8.50. The van der Waals surface area contributed by atoms with Gasteiger partial charge in [-0.2, -0.15) is 0 Å². The predicted molar refractivity (Wildman–Crippen MR) is 188 cm³/mol. The van der Waals surface area contributed by atoms with Crippen LogP contribution in [0.4, 0.5) is 4.79 Å². The van der Waals surface area contributed by atoms with E-state index in [1.165, 1.54) is 0 Å². The second kappa shape index (κ2) is 18.1. The highest BCUT2D eigenvalue weighted by molar-refractivity contribution is 5.95. The van der Waals surface area contributed by atoms with Gasteiger partial charge in [-0.1, -0.05) is 30.3 Å². The number of carbonyl (C=O) groups excluding carboxylic acids is 3. The Morgan fingerprint density at radius 3 is 2.23 bits per heavy atom. The van der Waals surface area contributed by atoms with Crippen LogP contribution >= 0.6 is 0 Å². The average molecular weight is 668 g/mol. The van der Waals surface area contributed by atoms with Gasteiger partial charge in [-0.15, -0.1) is 0 Å². The number of rotatable bonds is 15. The van der Waals surface area contributed by atoms with Crippen molar-refractivity contribution in [1.29, 1.82) is 0 Å². The fourth-order valence-corrected chi connectivity index (χ4v) is 6.19. The number of methoxy groups -OCH3 is 2. The molecule has 266 valence electrons. The van der Waals surface area contributed by atoms with E-state index in [1.54, 1.807) is 37.3 Å². The molecule has 0 aliphatic carbocycles. The smallest absolute Gasteiger partial charge is 0.410 e. The summed E-state index contributed by atoms with van der Waals surface area (Å²) in [6.07, 6.45) is 2.63. The van der Waals surface area contributed by atoms with Crippen molar-refractivity contribution in [2.45, 2.75) is 110 Å². The molecule has 1 fully saturated rings. The first-order valence-corrected chi connectivity index (χ1v) is 17.2. The number of nitrogens with zero attached hydrogens (tertiary/aromatic N) is 3. The first kappa shape index (κ1) is 38.7. The number of carbonyl (C=O) groups is 3. The van der Waals surface area contributed by atoms with Crippen LogP contribution in [0.15, 0.2) is 48.5 Å². The minimum Gasteiger partial charge on any atom is -0.493 e. The van der Waals surface area contributed by atoms with Crippen molar-refractivity contribution in [2.75, 3.05) is 40.5 Å². The summed E-state index contributed by atoms with van der Waals surface area (Å²) in [6.45, 7) is 15.4. The van der Waals surface area contributed by atoms with Gasteiger partial charge in [-0.3, -0.25) is 9.59 Å². The summed E-state index contributed by atoms with van der Waals surface area (Å²) in [6, 6.07) is 14.5. The van der Waals surface area contributed by atoms with Crippen LogP contribution in [0.2, 0.25) is 0 Å². The minimum atomic E-state index is -0.680. The maximum Gasteiger partial charge on any atom is 0.410 e. The summed E-state index contributed by atoms with van der Waals surface area (Å²) in [7, 11) is 3.22. The molecule has 2 aromatic rings. The standard InChI is InChI=1S/C38H57N3O7/c1-27(2)39(35(42)24-29-14-11-10-12-15-29)21-20-31-17-18-32(26-40(31)37(44)48-38(5,6)7)41(28(3)4)36(43)30-16-19-33(46-9)34(25-30)47-23-13-22-45-8/h10-12,14-16,19,25,27-28,31-32H,13,17-18,20-24,26H2,1-9H3. The molecule has 0 N–H and O–H groups in total. The normalized spacial score (nSPS) is 16.5. The van der Waals surface area contributed by atoms with Crippen molar-refractivity contribution >= 4 is 17.9 Å². The van der Waals surface area contributed by atoms with Crippen molar-refractivity contribution < 1.29 is 33.3 Å². The second-order valence-electron chi connectivity index (χ2n) is 14.0. The van der Waals surface area contributed by atoms with E-state index < -0.39 is 11.7 Å². The zero-order valence-electron chi connectivity index (χ0n) is 30.5. The van der Waals surface area contributed by atoms with Gasteiger partial charge < -0.3 is 33.6 Å². The molecule has 2 unspecified atom stereocenters. The van der Waals surface area contributed by atoms with Crippen molar-refractivity contribution in [1.82, 2.24) is 14.7 Å². The van der Waals surface area contributed by atoms with Gasteiger partial charge in [0.25, 0.3) is 5.91 Å². The van der Waals surface area contributed by atoms with Crippen molar-refractivity contribution in [3.8, 4) is 11.5 Å². The van der Waals surface area contributed by atoms with Crippen molar-refractivity contribution in [3.63, 3.8) is 0 Å². The molecular formula is C38H57N3O7. The molecule has 10 nitrogen and oxygen atoms in total. The molecule has 1 heterocycles. The van der Waals surface area contributed by atoms with Crippen LogP contribution in [-0.2, 0) is 20.7 Å². The second-order valence-corrected chi connectivity index (χ2v) is 14.0. The lowest BCUT2D eigenvalue weighted by molar-refractivity contribution is -0.132. The van der Waals surface area contributed by atoms with Crippen molar-refractivity contribution in [3.05, 3.63) is 59.7 Å². The number of likely N-dealkylation sites (tertiary alicyclic amines) is 1. The summed E-state index contributed by atoms with van der Waals surface area (Å²) in [5.74, 6) is 0.972. The van der Waals surface area contributed by atoms with E-state index in [9.17, 15) is 14.4 Å². The van der Waals surface area contributed by atoms with Gasteiger partial charge in [0.05, 0.1) is 26.2 Å². The molecule has 48 heavy (non-hydrogen) atoms. The Bertz CT molecular complexity index is 1330. The molecule has 2 atom stereocenters. The maximum absolute atomic E-state index is 14.1. The van der Waals surface area contributed by atoms with E-state index in [2.05, 4.69) is 0 Å². The number of hydrogen-bond acceptors (Lipinski definition) is 7. The van der Waals surface area contributed by atoms with E-state index in [-0.39, 0.29) is 36.0 Å². The predicted octanol–water partition coefficient (Wildman–Crippen LogP) is 6.60. The van der Waals surface area contributed by atoms with E-state index in [0.717, 1.165) is 5.56 Å². The molecule has 1 saturated heterocycles. The summed E-state index contributed by atoms with van der Waals surface area (Å²) in [5, 5.41) is 0. The van der Waals surface area contributed by atoms with Crippen LogP contribution in [0.1, 0.15) is 90.1 Å². The fraction of sp³-hybridized carbons (Fsp3) is 0.605. The highest BCUT2D eigenvalue weighted by atomic mass is 16.6.